The number of hydrogen-bond acceptors (Lipinski definition) is 5. The molecular formula is C22H22ClF3N6O2. The fraction of sp³-hybridized carbons (Fsp3) is 0.364. The van der Waals surface area contributed by atoms with Crippen LogP contribution in [-0.2, 0) is 23.9 Å². The van der Waals surface area contributed by atoms with Gasteiger partial charge in [-0.3, -0.25) is 9.30 Å². The van der Waals surface area contributed by atoms with Crippen molar-refractivity contribution in [1.82, 2.24) is 24.0 Å². The van der Waals surface area contributed by atoms with E-state index in [1.165, 1.54) is 33.8 Å². The number of halogens is 4. The number of anilines is 1. The Morgan fingerprint density at radius 2 is 1.94 bits per heavy atom. The van der Waals surface area contributed by atoms with Crippen LogP contribution in [0.3, 0.4) is 0 Å². The topological polar surface area (TPSA) is 77.0 Å². The molecule has 0 radical (unpaired) electrons. The highest BCUT2D eigenvalue weighted by Crippen LogP contribution is 2.30. The molecule has 0 atom stereocenters. The number of hydrogen-bond donors (Lipinski definition) is 0. The van der Waals surface area contributed by atoms with Crippen molar-refractivity contribution in [2.45, 2.75) is 52.4 Å². The third-order valence-electron chi connectivity index (χ3n) is 4.92. The Balaban J connectivity index is 1.84. The van der Waals surface area contributed by atoms with Gasteiger partial charge in [-0.05, 0) is 39.3 Å². The molecule has 34 heavy (non-hydrogen) atoms. The second-order valence-corrected chi connectivity index (χ2v) is 9.02. The third kappa shape index (κ3) is 4.65. The summed E-state index contributed by atoms with van der Waals surface area (Å²) in [5.74, 6) is 0.247. The summed E-state index contributed by atoms with van der Waals surface area (Å²) < 4.78 is 48.3. The first-order chi connectivity index (χ1) is 15.9. The minimum absolute atomic E-state index is 0.0965. The highest BCUT2D eigenvalue weighted by Gasteiger charge is 2.34. The van der Waals surface area contributed by atoms with Crippen molar-refractivity contribution >= 4 is 34.8 Å². The summed E-state index contributed by atoms with van der Waals surface area (Å²) in [6.45, 7) is 6.87. The zero-order chi connectivity index (χ0) is 24.8. The van der Waals surface area contributed by atoms with Crippen LogP contribution >= 0.6 is 11.6 Å². The molecule has 4 rings (SSSR count). The molecule has 0 aliphatic heterocycles. The van der Waals surface area contributed by atoms with Gasteiger partial charge >= 0.3 is 12.3 Å². The Kier molecular flexibility index (Phi) is 5.92. The van der Waals surface area contributed by atoms with Crippen LogP contribution < -0.4 is 4.90 Å². The van der Waals surface area contributed by atoms with E-state index in [9.17, 15) is 18.0 Å². The number of pyridine rings is 1. The predicted octanol–water partition coefficient (Wildman–Crippen LogP) is 5.55. The number of rotatable bonds is 4. The van der Waals surface area contributed by atoms with Crippen LogP contribution in [0.2, 0.25) is 5.15 Å². The fourth-order valence-corrected chi connectivity index (χ4v) is 3.67. The van der Waals surface area contributed by atoms with Gasteiger partial charge in [0.1, 0.15) is 27.9 Å². The average Bonchev–Trinajstić information content (AvgIpc) is 3.32. The largest absolute Gasteiger partial charge is 0.443 e. The fourth-order valence-electron chi connectivity index (χ4n) is 3.49. The summed E-state index contributed by atoms with van der Waals surface area (Å²) >= 11 is 6.25. The number of fused-ring (bicyclic) bond motifs is 2. The van der Waals surface area contributed by atoms with Crippen molar-refractivity contribution in [3.63, 3.8) is 0 Å². The monoisotopic (exact) mass is 494 g/mol. The number of nitrogens with zero attached hydrogens (tertiary/aromatic N) is 6. The van der Waals surface area contributed by atoms with Gasteiger partial charge in [0.25, 0.3) is 0 Å². The van der Waals surface area contributed by atoms with Crippen LogP contribution in [0.4, 0.5) is 23.8 Å². The van der Waals surface area contributed by atoms with E-state index in [1.54, 1.807) is 27.0 Å². The van der Waals surface area contributed by atoms with Gasteiger partial charge in [-0.2, -0.15) is 22.8 Å². The molecule has 0 saturated heterocycles. The van der Waals surface area contributed by atoms with E-state index in [0.717, 1.165) is 16.0 Å². The van der Waals surface area contributed by atoms with E-state index in [-0.39, 0.29) is 28.9 Å². The van der Waals surface area contributed by atoms with Gasteiger partial charge in [0, 0.05) is 17.8 Å². The molecule has 0 spiro atoms. The second-order valence-electron chi connectivity index (χ2n) is 8.63. The lowest BCUT2D eigenvalue weighted by Crippen LogP contribution is -2.37. The van der Waals surface area contributed by atoms with E-state index in [2.05, 4.69) is 15.1 Å². The summed E-state index contributed by atoms with van der Waals surface area (Å²) in [5, 5.41) is 4.46. The lowest BCUT2D eigenvalue weighted by molar-refractivity contribution is -0.142. The normalized spacial score (nSPS) is 12.5. The van der Waals surface area contributed by atoms with Crippen molar-refractivity contribution in [3.8, 4) is 0 Å². The van der Waals surface area contributed by atoms with Crippen molar-refractivity contribution in [2.75, 3.05) is 4.90 Å². The molecule has 4 aromatic heterocycles. The molecule has 12 heteroatoms. The van der Waals surface area contributed by atoms with E-state index in [1.807, 2.05) is 6.92 Å². The summed E-state index contributed by atoms with van der Waals surface area (Å²) in [7, 11) is 0. The molecule has 0 aromatic carbocycles. The van der Waals surface area contributed by atoms with Crippen molar-refractivity contribution < 1.29 is 22.7 Å². The predicted molar refractivity (Wildman–Crippen MR) is 120 cm³/mol. The standard InChI is InChI=1S/C22H22ClF3N6O2/c1-5-13-10-27-32-18(9-16(23)29-19(13)32)31(20(33)34-21(2,3)4)12-14-11-30-15(22(24,25)26)7-6-8-17(30)28-14/h6-11H,5,12H2,1-4H3. The molecular weight excluding hydrogens is 473 g/mol. The quantitative estimate of drug-likeness (QED) is 0.347. The van der Waals surface area contributed by atoms with Gasteiger partial charge in [-0.25, -0.2) is 14.8 Å². The maximum absolute atomic E-state index is 13.5. The molecule has 1 amide bonds. The summed E-state index contributed by atoms with van der Waals surface area (Å²) in [5.41, 5.74) is -0.109. The Bertz CT molecular complexity index is 1370. The maximum Gasteiger partial charge on any atom is 0.431 e. The molecule has 8 nitrogen and oxygen atoms in total. The van der Waals surface area contributed by atoms with Gasteiger partial charge < -0.3 is 4.74 Å². The number of carbonyl (C=O) groups excluding carboxylic acids is 1. The number of amides is 1. The van der Waals surface area contributed by atoms with Crippen LogP contribution in [0.25, 0.3) is 11.3 Å². The smallest absolute Gasteiger partial charge is 0.431 e. The highest BCUT2D eigenvalue weighted by atomic mass is 35.5. The zero-order valence-corrected chi connectivity index (χ0v) is 19.6. The Morgan fingerprint density at radius 3 is 2.59 bits per heavy atom. The maximum atomic E-state index is 13.5. The van der Waals surface area contributed by atoms with Crippen LogP contribution in [-0.4, -0.2) is 35.7 Å². The molecule has 180 valence electrons. The van der Waals surface area contributed by atoms with Crippen LogP contribution in [0.15, 0.2) is 36.7 Å². The Morgan fingerprint density at radius 1 is 1.21 bits per heavy atom. The molecule has 0 fully saturated rings. The number of carbonyl (C=O) groups is 1. The lowest BCUT2D eigenvalue weighted by Gasteiger charge is -2.27. The molecule has 0 unspecified atom stereocenters. The molecule has 0 saturated carbocycles. The molecule has 4 heterocycles. The summed E-state index contributed by atoms with van der Waals surface area (Å²) in [6, 6.07) is 5.15. The summed E-state index contributed by atoms with van der Waals surface area (Å²) in [6.07, 6.45) is -1.81. The van der Waals surface area contributed by atoms with E-state index >= 15 is 0 Å². The number of imidazole rings is 1. The molecule has 0 bridgehead atoms. The number of ether oxygens (including phenoxy) is 1. The van der Waals surface area contributed by atoms with Crippen LogP contribution in [0, 0.1) is 0 Å². The molecule has 0 N–H and O–H groups in total. The zero-order valence-electron chi connectivity index (χ0n) is 18.9. The molecule has 0 aliphatic rings. The average molecular weight is 495 g/mol. The van der Waals surface area contributed by atoms with E-state index in [4.69, 9.17) is 16.3 Å². The second kappa shape index (κ2) is 8.46. The Hall–Kier alpha value is -3.34. The first-order valence-corrected chi connectivity index (χ1v) is 10.8. The first kappa shape index (κ1) is 23.8. The van der Waals surface area contributed by atoms with Crippen LogP contribution in [0.5, 0.6) is 0 Å². The van der Waals surface area contributed by atoms with Crippen molar-refractivity contribution in [3.05, 3.63) is 58.8 Å². The van der Waals surface area contributed by atoms with E-state index in [0.29, 0.717) is 12.1 Å². The minimum atomic E-state index is -4.57. The molecule has 4 aromatic rings. The van der Waals surface area contributed by atoms with Gasteiger partial charge in [-0.15, -0.1) is 0 Å². The third-order valence-corrected chi connectivity index (χ3v) is 5.11. The van der Waals surface area contributed by atoms with E-state index < -0.39 is 23.6 Å². The minimum Gasteiger partial charge on any atom is -0.443 e. The van der Waals surface area contributed by atoms with Gasteiger partial charge in [0.15, 0.2) is 5.65 Å². The molecule has 0 aliphatic carbocycles. The van der Waals surface area contributed by atoms with Gasteiger partial charge in [0.05, 0.1) is 18.4 Å². The van der Waals surface area contributed by atoms with Gasteiger partial charge in [0.2, 0.25) is 0 Å². The number of aryl methyl sites for hydroxylation is 1. The van der Waals surface area contributed by atoms with Crippen molar-refractivity contribution in [2.24, 2.45) is 0 Å². The van der Waals surface area contributed by atoms with Gasteiger partial charge in [-0.1, -0.05) is 24.6 Å². The highest BCUT2D eigenvalue weighted by molar-refractivity contribution is 6.29. The Labute approximate surface area is 197 Å². The SMILES string of the molecule is CCc1cnn2c(N(Cc3cn4c(C(F)(F)F)cccc4n3)C(=O)OC(C)(C)C)cc(Cl)nc12. The van der Waals surface area contributed by atoms with Crippen molar-refractivity contribution in [1.29, 1.82) is 0 Å². The summed E-state index contributed by atoms with van der Waals surface area (Å²) in [4.78, 5) is 23.0. The first-order valence-electron chi connectivity index (χ1n) is 10.4. The number of aromatic nitrogens is 5. The van der Waals surface area contributed by atoms with Crippen LogP contribution in [0.1, 0.15) is 44.6 Å². The number of alkyl halides is 3. The lowest BCUT2D eigenvalue weighted by atomic mass is 10.2.